The quantitative estimate of drug-likeness (QED) is 0.341. The van der Waals surface area contributed by atoms with Gasteiger partial charge in [-0.05, 0) is 6.08 Å². The molecule has 1 aliphatic rings. The molecule has 4 heteroatoms. The van der Waals surface area contributed by atoms with Crippen molar-refractivity contribution in [3.8, 4) is 12.3 Å². The second kappa shape index (κ2) is 3.23. The molecule has 0 spiro atoms. The zero-order valence-electron chi connectivity index (χ0n) is 6.19. The highest BCUT2D eigenvalue weighted by Gasteiger charge is 2.27. The lowest BCUT2D eigenvalue weighted by atomic mass is 10.3. The van der Waals surface area contributed by atoms with Gasteiger partial charge in [0.25, 0.3) is 0 Å². The lowest BCUT2D eigenvalue weighted by Gasteiger charge is -2.20. The maximum atomic E-state index is 11.4. The van der Waals surface area contributed by atoms with E-state index in [0.29, 0.717) is 6.16 Å². The number of terminal acetylenes is 1. The van der Waals surface area contributed by atoms with Gasteiger partial charge in [0, 0.05) is 7.11 Å². The largest absolute Gasteiger partial charge is 0.335 e. The molecular weight excluding hydrogens is 163 g/mol. The first-order chi connectivity index (χ1) is 5.20. The molecule has 1 aliphatic heterocycles. The van der Waals surface area contributed by atoms with Crippen LogP contribution < -0.4 is 0 Å². The Kier molecular flexibility index (Phi) is 2.51. The smallest absolute Gasteiger partial charge is 0.312 e. The van der Waals surface area contributed by atoms with Crippen molar-refractivity contribution in [2.45, 2.75) is 6.10 Å². The summed E-state index contributed by atoms with van der Waals surface area (Å²) in [5, 5.41) is 0. The second-order valence-electron chi connectivity index (χ2n) is 2.10. The molecule has 0 aromatic rings. The van der Waals surface area contributed by atoms with Crippen LogP contribution in [0.2, 0.25) is 0 Å². The van der Waals surface area contributed by atoms with Gasteiger partial charge in [-0.15, -0.1) is 6.42 Å². The fourth-order valence-corrected chi connectivity index (χ4v) is 1.95. The summed E-state index contributed by atoms with van der Waals surface area (Å²) in [5.41, 5.74) is 0. The van der Waals surface area contributed by atoms with Gasteiger partial charge in [-0.25, -0.2) is 0 Å². The van der Waals surface area contributed by atoms with E-state index in [1.54, 1.807) is 12.2 Å². The number of hydrogen-bond acceptors (Lipinski definition) is 3. The van der Waals surface area contributed by atoms with E-state index in [9.17, 15) is 4.57 Å². The normalized spacial score (nSPS) is 36.5. The van der Waals surface area contributed by atoms with Gasteiger partial charge in [-0.1, -0.05) is 12.0 Å². The highest BCUT2D eigenvalue weighted by molar-refractivity contribution is 7.54. The van der Waals surface area contributed by atoms with E-state index < -0.39 is 13.7 Å². The summed E-state index contributed by atoms with van der Waals surface area (Å²) in [6, 6.07) is 0. The van der Waals surface area contributed by atoms with Crippen LogP contribution in [0.1, 0.15) is 0 Å². The van der Waals surface area contributed by atoms with Crippen molar-refractivity contribution >= 4 is 7.60 Å². The van der Waals surface area contributed by atoms with Crippen LogP contribution in [0.3, 0.4) is 0 Å². The van der Waals surface area contributed by atoms with Crippen molar-refractivity contribution in [2.75, 3.05) is 13.3 Å². The summed E-state index contributed by atoms with van der Waals surface area (Å²) in [6.45, 7) is 0. The fourth-order valence-electron chi connectivity index (χ4n) is 0.768. The zero-order valence-corrected chi connectivity index (χ0v) is 7.08. The van der Waals surface area contributed by atoms with Crippen LogP contribution in [0.5, 0.6) is 0 Å². The summed E-state index contributed by atoms with van der Waals surface area (Å²) in [5.74, 6) is 2.33. The molecule has 0 aliphatic carbocycles. The van der Waals surface area contributed by atoms with E-state index in [0.717, 1.165) is 0 Å². The summed E-state index contributed by atoms with van der Waals surface area (Å²) >= 11 is 0. The molecule has 0 N–H and O–H groups in total. The van der Waals surface area contributed by atoms with Gasteiger partial charge in [-0.3, -0.25) is 9.09 Å². The van der Waals surface area contributed by atoms with Crippen LogP contribution >= 0.6 is 7.60 Å². The molecular formula is C7H9O3P. The Morgan fingerprint density at radius 2 is 2.64 bits per heavy atom. The minimum atomic E-state index is -2.90. The molecule has 2 unspecified atom stereocenters. The SMILES string of the molecule is C#CC1C=CCP(=O)(OC)O1. The summed E-state index contributed by atoms with van der Waals surface area (Å²) in [7, 11) is -1.54. The van der Waals surface area contributed by atoms with Gasteiger partial charge < -0.3 is 4.52 Å². The lowest BCUT2D eigenvalue weighted by molar-refractivity contribution is 0.223. The first-order valence-electron chi connectivity index (χ1n) is 3.16. The Morgan fingerprint density at radius 1 is 1.91 bits per heavy atom. The molecule has 0 aromatic carbocycles. The van der Waals surface area contributed by atoms with Gasteiger partial charge in [0.1, 0.15) is 6.10 Å². The van der Waals surface area contributed by atoms with Gasteiger partial charge >= 0.3 is 7.60 Å². The van der Waals surface area contributed by atoms with Gasteiger partial charge in [0.05, 0.1) is 6.16 Å². The highest BCUT2D eigenvalue weighted by Crippen LogP contribution is 2.50. The standard InChI is InChI=1S/C7H9O3P/c1-3-7-5-4-6-11(8,9-2)10-7/h1,4-5,7H,6H2,2H3. The molecule has 11 heavy (non-hydrogen) atoms. The van der Waals surface area contributed by atoms with Crippen molar-refractivity contribution in [1.82, 2.24) is 0 Å². The molecule has 3 nitrogen and oxygen atoms in total. The van der Waals surface area contributed by atoms with Crippen LogP contribution in [0.4, 0.5) is 0 Å². The Labute approximate surface area is 65.9 Å². The Hall–Kier alpha value is -0.550. The van der Waals surface area contributed by atoms with Crippen molar-refractivity contribution in [3.05, 3.63) is 12.2 Å². The third-order valence-corrected chi connectivity index (χ3v) is 3.12. The van der Waals surface area contributed by atoms with E-state index in [1.165, 1.54) is 7.11 Å². The maximum Gasteiger partial charge on any atom is 0.335 e. The average molecular weight is 172 g/mol. The van der Waals surface area contributed by atoms with E-state index in [2.05, 4.69) is 5.92 Å². The summed E-state index contributed by atoms with van der Waals surface area (Å²) < 4.78 is 21.1. The molecule has 0 aromatic heterocycles. The molecule has 0 radical (unpaired) electrons. The number of rotatable bonds is 1. The fraction of sp³-hybridized carbons (Fsp3) is 0.429. The van der Waals surface area contributed by atoms with Crippen LogP contribution in [0.15, 0.2) is 12.2 Å². The predicted octanol–water partition coefficient (Wildman–Crippen LogP) is 1.41. The molecule has 60 valence electrons. The predicted molar refractivity (Wildman–Crippen MR) is 42.3 cm³/mol. The van der Waals surface area contributed by atoms with Crippen molar-refractivity contribution in [1.29, 1.82) is 0 Å². The molecule has 1 heterocycles. The third-order valence-electron chi connectivity index (χ3n) is 1.36. The molecule has 0 saturated heterocycles. The highest BCUT2D eigenvalue weighted by atomic mass is 31.2. The Balaban J connectivity index is 2.74. The molecule has 0 bridgehead atoms. The van der Waals surface area contributed by atoms with Crippen LogP contribution in [0, 0.1) is 12.3 Å². The van der Waals surface area contributed by atoms with Gasteiger partial charge in [-0.2, -0.15) is 0 Å². The van der Waals surface area contributed by atoms with Crippen LogP contribution in [0.25, 0.3) is 0 Å². The first kappa shape index (κ1) is 8.55. The molecule has 2 atom stereocenters. The molecule has 0 saturated carbocycles. The minimum absolute atomic E-state index is 0.307. The van der Waals surface area contributed by atoms with Crippen LogP contribution in [-0.4, -0.2) is 19.4 Å². The number of hydrogen-bond donors (Lipinski definition) is 0. The average Bonchev–Trinajstić information content (AvgIpc) is 2.05. The van der Waals surface area contributed by atoms with Gasteiger partial charge in [0.2, 0.25) is 0 Å². The summed E-state index contributed by atoms with van der Waals surface area (Å²) in [4.78, 5) is 0. The number of allylic oxidation sites excluding steroid dienone is 1. The molecule has 0 fully saturated rings. The van der Waals surface area contributed by atoms with Gasteiger partial charge in [0.15, 0.2) is 0 Å². The van der Waals surface area contributed by atoms with E-state index in [1.807, 2.05) is 0 Å². The van der Waals surface area contributed by atoms with E-state index >= 15 is 0 Å². The van der Waals surface area contributed by atoms with E-state index in [4.69, 9.17) is 15.5 Å². The van der Waals surface area contributed by atoms with Crippen LogP contribution in [-0.2, 0) is 13.6 Å². The van der Waals surface area contributed by atoms with Crippen molar-refractivity contribution in [2.24, 2.45) is 0 Å². The Bertz CT molecular complexity index is 251. The maximum absolute atomic E-state index is 11.4. The van der Waals surface area contributed by atoms with E-state index in [-0.39, 0.29) is 0 Å². The third kappa shape index (κ3) is 1.94. The lowest BCUT2D eigenvalue weighted by Crippen LogP contribution is -2.11. The van der Waals surface area contributed by atoms with Crippen molar-refractivity contribution < 1.29 is 13.6 Å². The monoisotopic (exact) mass is 172 g/mol. The first-order valence-corrected chi connectivity index (χ1v) is 4.89. The zero-order chi connectivity index (χ0) is 8.32. The summed E-state index contributed by atoms with van der Waals surface area (Å²) in [6.07, 6.45) is 8.29. The topological polar surface area (TPSA) is 35.5 Å². The molecule has 0 amide bonds. The Morgan fingerprint density at radius 3 is 3.18 bits per heavy atom. The van der Waals surface area contributed by atoms with Crippen molar-refractivity contribution in [3.63, 3.8) is 0 Å². The minimum Gasteiger partial charge on any atom is -0.312 e. The second-order valence-corrected chi connectivity index (χ2v) is 4.26. The molecule has 1 rings (SSSR count).